The van der Waals surface area contributed by atoms with Crippen LogP contribution in [0.25, 0.3) is 0 Å². The van der Waals surface area contributed by atoms with Gasteiger partial charge in [0, 0.05) is 6.07 Å². The monoisotopic (exact) mass is 134 g/mol. The lowest BCUT2D eigenvalue weighted by Crippen LogP contribution is -1.81. The van der Waals surface area contributed by atoms with Gasteiger partial charge in [-0.2, -0.15) is 5.10 Å². The number of rotatable bonds is 0. The highest BCUT2D eigenvalue weighted by Gasteiger charge is 1.85. The van der Waals surface area contributed by atoms with Crippen LogP contribution < -0.4 is 11.5 Å². The van der Waals surface area contributed by atoms with Crippen LogP contribution in [0.4, 0.5) is 11.6 Å². The molecule has 1 rings (SSSR count). The van der Waals surface area contributed by atoms with Gasteiger partial charge in [0.15, 0.2) is 0 Å². The Labute approximate surface area is 52.7 Å². The lowest BCUT2D eigenvalue weighted by molar-refractivity contribution is 1.11. The summed E-state index contributed by atoms with van der Waals surface area (Å²) in [5, 5.41) is 6.02. The van der Waals surface area contributed by atoms with Gasteiger partial charge in [0.05, 0.1) is 0 Å². The maximum atomic E-state index is 5.18. The van der Waals surface area contributed by atoms with Gasteiger partial charge in [-0.3, -0.25) is 5.10 Å². The van der Waals surface area contributed by atoms with Crippen LogP contribution in [0, 0.1) is 0 Å². The van der Waals surface area contributed by atoms with Crippen molar-refractivity contribution in [3.8, 4) is 0 Å². The van der Waals surface area contributed by atoms with E-state index in [1.165, 1.54) is 0 Å². The van der Waals surface area contributed by atoms with Crippen molar-refractivity contribution < 1.29 is 0 Å². The molecule has 8 heavy (non-hydrogen) atoms. The Balaban J connectivity index is 0.000000490. The Bertz CT molecular complexity index is 144. The molecular weight excluding hydrogens is 128 g/mol. The largest absolute Gasteiger partial charge is 0.384 e. The number of aromatic nitrogens is 2. The topological polar surface area (TPSA) is 80.7 Å². The molecule has 0 aliphatic carbocycles. The summed E-state index contributed by atoms with van der Waals surface area (Å²) >= 11 is 0. The Morgan fingerprint density at radius 2 is 2.12 bits per heavy atom. The first-order valence-electron chi connectivity index (χ1n) is 1.85. The molecule has 0 saturated heterocycles. The van der Waals surface area contributed by atoms with Crippen molar-refractivity contribution in [2.24, 2.45) is 0 Å². The van der Waals surface area contributed by atoms with Crippen molar-refractivity contribution in [2.75, 3.05) is 11.5 Å². The molecule has 0 spiro atoms. The number of aromatic amines is 1. The van der Waals surface area contributed by atoms with Crippen LogP contribution in [-0.2, 0) is 0 Å². The zero-order chi connectivity index (χ0) is 5.28. The van der Waals surface area contributed by atoms with E-state index in [0.29, 0.717) is 11.6 Å². The molecule has 0 aromatic carbocycles. The summed E-state index contributed by atoms with van der Waals surface area (Å²) in [4.78, 5) is 0. The number of H-pyrrole nitrogens is 1. The molecule has 5 heteroatoms. The maximum Gasteiger partial charge on any atom is 0.147 e. The van der Waals surface area contributed by atoms with Gasteiger partial charge in [-0.15, -0.1) is 12.4 Å². The first kappa shape index (κ1) is 7.10. The van der Waals surface area contributed by atoms with E-state index in [1.54, 1.807) is 6.07 Å². The van der Waals surface area contributed by atoms with Crippen molar-refractivity contribution in [1.82, 2.24) is 10.2 Å². The quantitative estimate of drug-likeness (QED) is 0.467. The predicted molar refractivity (Wildman–Crippen MR) is 34.7 cm³/mol. The molecular formula is C3H7ClN4. The minimum Gasteiger partial charge on any atom is -0.384 e. The molecule has 1 heterocycles. The number of nitrogen functional groups attached to an aromatic ring is 2. The number of nitrogens with one attached hydrogen (secondary N) is 1. The first-order valence-corrected chi connectivity index (χ1v) is 1.85. The van der Waals surface area contributed by atoms with Crippen LogP contribution in [0.5, 0.6) is 0 Å². The van der Waals surface area contributed by atoms with Gasteiger partial charge in [-0.1, -0.05) is 0 Å². The fourth-order valence-corrected chi connectivity index (χ4v) is 0.353. The molecule has 0 radical (unpaired) electrons. The van der Waals surface area contributed by atoms with E-state index in [4.69, 9.17) is 11.5 Å². The maximum absolute atomic E-state index is 5.18. The van der Waals surface area contributed by atoms with Crippen molar-refractivity contribution in [1.29, 1.82) is 0 Å². The highest BCUT2D eigenvalue weighted by Crippen LogP contribution is 1.98. The summed E-state index contributed by atoms with van der Waals surface area (Å²) in [6, 6.07) is 1.56. The zero-order valence-corrected chi connectivity index (χ0v) is 4.90. The average molecular weight is 135 g/mol. The highest BCUT2D eigenvalue weighted by molar-refractivity contribution is 5.85. The molecule has 0 fully saturated rings. The van der Waals surface area contributed by atoms with E-state index in [0.717, 1.165) is 0 Å². The van der Waals surface area contributed by atoms with Gasteiger partial charge in [0.1, 0.15) is 11.6 Å². The van der Waals surface area contributed by atoms with Crippen molar-refractivity contribution in [3.63, 3.8) is 0 Å². The van der Waals surface area contributed by atoms with Gasteiger partial charge in [0.2, 0.25) is 0 Å². The first-order chi connectivity index (χ1) is 3.29. The van der Waals surface area contributed by atoms with Crippen LogP contribution in [0.15, 0.2) is 6.07 Å². The molecule has 0 aliphatic heterocycles. The molecule has 0 aliphatic rings. The third-order valence-corrected chi connectivity index (χ3v) is 0.617. The van der Waals surface area contributed by atoms with Gasteiger partial charge >= 0.3 is 0 Å². The summed E-state index contributed by atoms with van der Waals surface area (Å²) in [7, 11) is 0. The van der Waals surface area contributed by atoms with Crippen LogP contribution in [0.2, 0.25) is 0 Å². The Hall–Kier alpha value is -0.900. The summed E-state index contributed by atoms with van der Waals surface area (Å²) in [5.41, 5.74) is 10.3. The lowest BCUT2D eigenvalue weighted by Gasteiger charge is -1.70. The second-order valence-electron chi connectivity index (χ2n) is 1.25. The van der Waals surface area contributed by atoms with Crippen LogP contribution >= 0.6 is 12.4 Å². The molecule has 1 aromatic rings. The number of nitrogens with two attached hydrogens (primary N) is 2. The standard InChI is InChI=1S/C3H6N4.ClH/c4-2-1-3(5)7-6-2;/h1H,(H5,4,5,6,7);1H. The summed E-state index contributed by atoms with van der Waals surface area (Å²) in [5.74, 6) is 0.926. The normalized spacial score (nSPS) is 8.00. The van der Waals surface area contributed by atoms with Crippen molar-refractivity contribution in [3.05, 3.63) is 6.07 Å². The van der Waals surface area contributed by atoms with E-state index >= 15 is 0 Å². The average Bonchev–Trinajstić information content (AvgIpc) is 1.87. The second kappa shape index (κ2) is 2.42. The Morgan fingerprint density at radius 1 is 1.50 bits per heavy atom. The van der Waals surface area contributed by atoms with Crippen LogP contribution in [0.1, 0.15) is 0 Å². The van der Waals surface area contributed by atoms with E-state index < -0.39 is 0 Å². The molecule has 0 saturated carbocycles. The van der Waals surface area contributed by atoms with E-state index in [9.17, 15) is 0 Å². The summed E-state index contributed by atoms with van der Waals surface area (Å²) in [6.07, 6.45) is 0. The predicted octanol–water partition coefficient (Wildman–Crippen LogP) is -0.00410. The minimum atomic E-state index is 0. The lowest BCUT2D eigenvalue weighted by atomic mass is 10.6. The zero-order valence-electron chi connectivity index (χ0n) is 4.09. The molecule has 5 N–H and O–H groups in total. The van der Waals surface area contributed by atoms with Crippen molar-refractivity contribution in [2.45, 2.75) is 0 Å². The Morgan fingerprint density at radius 3 is 2.25 bits per heavy atom. The Kier molecular flexibility index (Phi) is 2.15. The van der Waals surface area contributed by atoms with E-state index in [-0.39, 0.29) is 12.4 Å². The van der Waals surface area contributed by atoms with Gasteiger partial charge in [0.25, 0.3) is 0 Å². The SMILES string of the molecule is Cl.Nc1cc(N)[nH]n1. The fourth-order valence-electron chi connectivity index (χ4n) is 0.353. The van der Waals surface area contributed by atoms with Gasteiger partial charge in [-0.25, -0.2) is 0 Å². The number of anilines is 2. The summed E-state index contributed by atoms with van der Waals surface area (Å²) in [6.45, 7) is 0. The van der Waals surface area contributed by atoms with E-state index in [2.05, 4.69) is 10.2 Å². The van der Waals surface area contributed by atoms with Crippen LogP contribution in [0.3, 0.4) is 0 Å². The third-order valence-electron chi connectivity index (χ3n) is 0.617. The van der Waals surface area contributed by atoms with Crippen LogP contribution in [-0.4, -0.2) is 10.2 Å². The second-order valence-corrected chi connectivity index (χ2v) is 1.25. The summed E-state index contributed by atoms with van der Waals surface area (Å²) < 4.78 is 0. The van der Waals surface area contributed by atoms with E-state index in [1.807, 2.05) is 0 Å². The number of hydrogen-bond acceptors (Lipinski definition) is 3. The van der Waals surface area contributed by atoms with Crippen molar-refractivity contribution >= 4 is 24.0 Å². The molecule has 0 atom stereocenters. The minimum absolute atomic E-state index is 0. The fraction of sp³-hybridized carbons (Fsp3) is 0. The molecule has 4 nitrogen and oxygen atoms in total. The molecule has 0 unspecified atom stereocenters. The molecule has 0 bridgehead atoms. The third kappa shape index (κ3) is 1.31. The molecule has 46 valence electrons. The number of hydrogen-bond donors (Lipinski definition) is 3. The van der Waals surface area contributed by atoms with Gasteiger partial charge in [-0.05, 0) is 0 Å². The number of halogens is 1. The smallest absolute Gasteiger partial charge is 0.147 e. The molecule has 1 aromatic heterocycles. The highest BCUT2D eigenvalue weighted by atomic mass is 35.5. The van der Waals surface area contributed by atoms with Gasteiger partial charge < -0.3 is 11.5 Å². The number of nitrogens with zero attached hydrogens (tertiary/aromatic N) is 1. The molecule has 0 amide bonds.